The Hall–Kier alpha value is -1.35. The number of amides is 1. The maximum atomic E-state index is 12.0. The number of nitrogens with zero attached hydrogens (tertiary/aromatic N) is 1. The fourth-order valence-corrected chi connectivity index (χ4v) is 1.58. The first-order valence-electron chi connectivity index (χ1n) is 5.65. The summed E-state index contributed by atoms with van der Waals surface area (Å²) < 4.78 is 0. The molecule has 0 aromatic heterocycles. The summed E-state index contributed by atoms with van der Waals surface area (Å²) >= 11 is 0. The van der Waals surface area contributed by atoms with Gasteiger partial charge in [-0.15, -0.1) is 0 Å². The predicted octanol–water partition coefficient (Wildman–Crippen LogP) is 1.30. The van der Waals surface area contributed by atoms with Crippen LogP contribution in [0.1, 0.15) is 12.5 Å². The van der Waals surface area contributed by atoms with Gasteiger partial charge in [0.1, 0.15) is 0 Å². The van der Waals surface area contributed by atoms with E-state index in [-0.39, 0.29) is 11.9 Å². The first-order chi connectivity index (χ1) is 7.69. The van der Waals surface area contributed by atoms with Crippen molar-refractivity contribution in [1.82, 2.24) is 10.2 Å². The lowest BCUT2D eigenvalue weighted by Gasteiger charge is -2.22. The quantitative estimate of drug-likeness (QED) is 0.811. The second-order valence-corrected chi connectivity index (χ2v) is 3.88. The Kier molecular flexibility index (Phi) is 4.99. The van der Waals surface area contributed by atoms with Crippen LogP contribution in [-0.2, 0) is 11.2 Å². The Morgan fingerprint density at radius 1 is 1.38 bits per heavy atom. The molecule has 0 aliphatic rings. The van der Waals surface area contributed by atoms with Gasteiger partial charge in [0.05, 0.1) is 6.04 Å². The van der Waals surface area contributed by atoms with E-state index < -0.39 is 0 Å². The van der Waals surface area contributed by atoms with Gasteiger partial charge in [0.25, 0.3) is 0 Å². The lowest BCUT2D eigenvalue weighted by Crippen LogP contribution is -2.44. The lowest BCUT2D eigenvalue weighted by atomic mass is 10.1. The summed E-state index contributed by atoms with van der Waals surface area (Å²) in [5.41, 5.74) is 1.18. The highest BCUT2D eigenvalue weighted by Crippen LogP contribution is 2.04. The largest absolute Gasteiger partial charge is 0.345 e. The fraction of sp³-hybridized carbons (Fsp3) is 0.462. The number of rotatable bonds is 5. The maximum Gasteiger partial charge on any atom is 0.239 e. The summed E-state index contributed by atoms with van der Waals surface area (Å²) in [6.45, 7) is 2.72. The first-order valence-corrected chi connectivity index (χ1v) is 5.65. The highest BCUT2D eigenvalue weighted by Gasteiger charge is 2.19. The standard InChI is InChI=1S/C13H20N2O/c1-4-15(3)13(16)12(14-2)10-11-8-6-5-7-9-11/h5-9,12,14H,4,10H2,1-3H3. The van der Waals surface area contributed by atoms with Crippen LogP contribution in [0.4, 0.5) is 0 Å². The molecule has 0 fully saturated rings. The normalized spacial score (nSPS) is 12.2. The number of hydrogen-bond acceptors (Lipinski definition) is 2. The van der Waals surface area contributed by atoms with Gasteiger partial charge in [-0.3, -0.25) is 4.79 Å². The summed E-state index contributed by atoms with van der Waals surface area (Å²) in [7, 11) is 3.66. The topological polar surface area (TPSA) is 32.3 Å². The zero-order valence-electron chi connectivity index (χ0n) is 10.2. The van der Waals surface area contributed by atoms with Gasteiger partial charge in [-0.05, 0) is 26.0 Å². The van der Waals surface area contributed by atoms with Crippen LogP contribution in [0.15, 0.2) is 30.3 Å². The van der Waals surface area contributed by atoms with E-state index in [2.05, 4.69) is 5.32 Å². The van der Waals surface area contributed by atoms with Crippen LogP contribution >= 0.6 is 0 Å². The van der Waals surface area contributed by atoms with Crippen molar-refractivity contribution in [3.05, 3.63) is 35.9 Å². The second kappa shape index (κ2) is 6.28. The minimum Gasteiger partial charge on any atom is -0.345 e. The van der Waals surface area contributed by atoms with E-state index in [1.165, 1.54) is 5.56 Å². The Balaban J connectivity index is 2.66. The molecular formula is C13H20N2O. The number of likely N-dealkylation sites (N-methyl/N-ethyl adjacent to an activating group) is 2. The molecule has 0 aliphatic heterocycles. The van der Waals surface area contributed by atoms with Crippen LogP contribution < -0.4 is 5.32 Å². The van der Waals surface area contributed by atoms with E-state index in [1.807, 2.05) is 51.4 Å². The van der Waals surface area contributed by atoms with Crippen LogP contribution in [-0.4, -0.2) is 37.5 Å². The molecule has 3 heteroatoms. The fourth-order valence-electron chi connectivity index (χ4n) is 1.58. The Morgan fingerprint density at radius 2 is 2.00 bits per heavy atom. The molecule has 0 heterocycles. The summed E-state index contributed by atoms with van der Waals surface area (Å²) in [4.78, 5) is 13.7. The molecule has 1 atom stereocenters. The summed E-state index contributed by atoms with van der Waals surface area (Å²) in [5, 5.41) is 3.07. The minimum absolute atomic E-state index is 0.132. The monoisotopic (exact) mass is 220 g/mol. The number of benzene rings is 1. The molecule has 1 amide bonds. The smallest absolute Gasteiger partial charge is 0.239 e. The summed E-state index contributed by atoms with van der Waals surface area (Å²) in [6.07, 6.45) is 0.737. The van der Waals surface area contributed by atoms with Crippen molar-refractivity contribution in [3.63, 3.8) is 0 Å². The van der Waals surface area contributed by atoms with Gasteiger partial charge in [-0.2, -0.15) is 0 Å². The average molecular weight is 220 g/mol. The molecule has 1 unspecified atom stereocenters. The predicted molar refractivity (Wildman–Crippen MR) is 66.3 cm³/mol. The van der Waals surface area contributed by atoms with E-state index in [9.17, 15) is 4.79 Å². The third-order valence-corrected chi connectivity index (χ3v) is 2.78. The zero-order valence-corrected chi connectivity index (χ0v) is 10.2. The van der Waals surface area contributed by atoms with E-state index in [0.29, 0.717) is 0 Å². The summed E-state index contributed by atoms with van der Waals surface area (Å²) in [5.74, 6) is 0.147. The van der Waals surface area contributed by atoms with Crippen LogP contribution in [0.5, 0.6) is 0 Å². The van der Waals surface area contributed by atoms with Gasteiger partial charge < -0.3 is 10.2 Å². The van der Waals surface area contributed by atoms with Crippen LogP contribution in [0.25, 0.3) is 0 Å². The van der Waals surface area contributed by atoms with Crippen LogP contribution in [0.3, 0.4) is 0 Å². The number of hydrogen-bond donors (Lipinski definition) is 1. The van der Waals surface area contributed by atoms with Gasteiger partial charge in [0.15, 0.2) is 0 Å². The molecule has 1 N–H and O–H groups in total. The third-order valence-electron chi connectivity index (χ3n) is 2.78. The maximum absolute atomic E-state index is 12.0. The molecule has 0 bridgehead atoms. The number of nitrogens with one attached hydrogen (secondary N) is 1. The van der Waals surface area contributed by atoms with Crippen LogP contribution in [0, 0.1) is 0 Å². The molecule has 0 saturated heterocycles. The molecule has 0 spiro atoms. The Morgan fingerprint density at radius 3 is 2.50 bits per heavy atom. The molecule has 88 valence electrons. The van der Waals surface area contributed by atoms with E-state index in [1.54, 1.807) is 4.90 Å². The molecule has 1 aromatic carbocycles. The first kappa shape index (κ1) is 12.7. The van der Waals surface area contributed by atoms with E-state index in [0.717, 1.165) is 13.0 Å². The van der Waals surface area contributed by atoms with Gasteiger partial charge >= 0.3 is 0 Å². The van der Waals surface area contributed by atoms with Crippen molar-refractivity contribution in [2.24, 2.45) is 0 Å². The highest BCUT2D eigenvalue weighted by atomic mass is 16.2. The molecule has 0 radical (unpaired) electrons. The van der Waals surface area contributed by atoms with Crippen LogP contribution in [0.2, 0.25) is 0 Å². The minimum atomic E-state index is -0.132. The zero-order chi connectivity index (χ0) is 12.0. The van der Waals surface area contributed by atoms with Crippen molar-refractivity contribution in [3.8, 4) is 0 Å². The summed E-state index contributed by atoms with van der Waals surface area (Å²) in [6, 6.07) is 9.93. The lowest BCUT2D eigenvalue weighted by molar-refractivity contribution is -0.131. The highest BCUT2D eigenvalue weighted by molar-refractivity contribution is 5.81. The van der Waals surface area contributed by atoms with Crippen molar-refractivity contribution in [1.29, 1.82) is 0 Å². The van der Waals surface area contributed by atoms with Crippen molar-refractivity contribution in [2.45, 2.75) is 19.4 Å². The molecule has 1 aromatic rings. The molecule has 0 saturated carbocycles. The van der Waals surface area contributed by atoms with Gasteiger partial charge in [0, 0.05) is 13.6 Å². The molecule has 16 heavy (non-hydrogen) atoms. The van der Waals surface area contributed by atoms with Crippen molar-refractivity contribution in [2.75, 3.05) is 20.6 Å². The molecule has 0 aliphatic carbocycles. The van der Waals surface area contributed by atoms with Crippen molar-refractivity contribution >= 4 is 5.91 Å². The van der Waals surface area contributed by atoms with Gasteiger partial charge in [-0.1, -0.05) is 30.3 Å². The Bertz CT molecular complexity index is 324. The Labute approximate surface area is 97.5 Å². The van der Waals surface area contributed by atoms with Gasteiger partial charge in [0.2, 0.25) is 5.91 Å². The average Bonchev–Trinajstić information content (AvgIpc) is 2.35. The second-order valence-electron chi connectivity index (χ2n) is 3.88. The van der Waals surface area contributed by atoms with E-state index >= 15 is 0 Å². The van der Waals surface area contributed by atoms with Crippen molar-refractivity contribution < 1.29 is 4.79 Å². The number of carbonyl (C=O) groups excluding carboxylic acids is 1. The van der Waals surface area contributed by atoms with Gasteiger partial charge in [-0.25, -0.2) is 0 Å². The SMILES string of the molecule is CCN(C)C(=O)C(Cc1ccccc1)NC. The van der Waals surface area contributed by atoms with E-state index in [4.69, 9.17) is 0 Å². The third kappa shape index (κ3) is 3.35. The molecular weight excluding hydrogens is 200 g/mol. The number of carbonyl (C=O) groups is 1. The molecule has 1 rings (SSSR count). The molecule has 3 nitrogen and oxygen atoms in total.